The molecule has 0 bridgehead atoms. The summed E-state index contributed by atoms with van der Waals surface area (Å²) in [6.07, 6.45) is 3.41. The third-order valence-corrected chi connectivity index (χ3v) is 4.78. The van der Waals surface area contributed by atoms with Crippen molar-refractivity contribution in [3.05, 3.63) is 23.8 Å². The molecule has 0 saturated heterocycles. The summed E-state index contributed by atoms with van der Waals surface area (Å²) in [5.74, 6) is 0. The van der Waals surface area contributed by atoms with Gasteiger partial charge in [-0.25, -0.2) is 13.6 Å². The van der Waals surface area contributed by atoms with Crippen LogP contribution in [0.4, 0.5) is 5.69 Å². The highest BCUT2D eigenvalue weighted by Crippen LogP contribution is 2.38. The van der Waals surface area contributed by atoms with E-state index < -0.39 is 10.0 Å². The summed E-state index contributed by atoms with van der Waals surface area (Å²) in [5, 5.41) is 8.63. The van der Waals surface area contributed by atoms with Crippen molar-refractivity contribution in [2.75, 3.05) is 5.32 Å². The quantitative estimate of drug-likeness (QED) is 0.895. The van der Waals surface area contributed by atoms with Crippen molar-refractivity contribution in [3.8, 4) is 0 Å². The van der Waals surface area contributed by atoms with Crippen LogP contribution in [0.25, 0.3) is 0 Å². The van der Waals surface area contributed by atoms with Crippen LogP contribution in [0, 0.1) is 12.3 Å². The molecule has 1 aromatic carbocycles. The summed E-state index contributed by atoms with van der Waals surface area (Å²) in [4.78, 5) is 0.165. The molecule has 1 atom stereocenters. The number of nitrogens with two attached hydrogens (primary N) is 1. The number of primary sulfonamides is 1. The SMILES string of the molecule is Cc1ccc(S(N)(=O)=O)cc1NC1CCC(C)(C)C1. The molecule has 1 aliphatic carbocycles. The summed E-state index contributed by atoms with van der Waals surface area (Å²) in [6, 6.07) is 5.39. The predicted molar refractivity (Wildman–Crippen MR) is 77.6 cm³/mol. The van der Waals surface area contributed by atoms with Gasteiger partial charge in [-0.1, -0.05) is 19.9 Å². The minimum atomic E-state index is -3.64. The van der Waals surface area contributed by atoms with E-state index in [0.717, 1.165) is 24.1 Å². The van der Waals surface area contributed by atoms with Crippen LogP contribution >= 0.6 is 0 Å². The van der Waals surface area contributed by atoms with Gasteiger partial charge in [-0.2, -0.15) is 0 Å². The van der Waals surface area contributed by atoms with Crippen molar-refractivity contribution < 1.29 is 8.42 Å². The molecule has 1 unspecified atom stereocenters. The first-order valence-electron chi connectivity index (χ1n) is 6.57. The predicted octanol–water partition coefficient (Wildman–Crippen LogP) is 2.63. The zero-order chi connectivity index (χ0) is 14.3. The summed E-state index contributed by atoms with van der Waals surface area (Å²) in [6.45, 7) is 6.50. The van der Waals surface area contributed by atoms with Crippen molar-refractivity contribution in [1.82, 2.24) is 0 Å². The maximum Gasteiger partial charge on any atom is 0.238 e. The van der Waals surface area contributed by atoms with Crippen molar-refractivity contribution in [2.24, 2.45) is 10.6 Å². The van der Waals surface area contributed by atoms with Gasteiger partial charge < -0.3 is 5.32 Å². The van der Waals surface area contributed by atoms with Gasteiger partial charge in [0.25, 0.3) is 0 Å². The summed E-state index contributed by atoms with van der Waals surface area (Å²) in [5.41, 5.74) is 2.27. The molecule has 0 amide bonds. The number of aryl methyl sites for hydroxylation is 1. The smallest absolute Gasteiger partial charge is 0.238 e. The van der Waals surface area contributed by atoms with E-state index in [-0.39, 0.29) is 4.90 Å². The zero-order valence-corrected chi connectivity index (χ0v) is 12.5. The molecule has 3 N–H and O–H groups in total. The first-order chi connectivity index (χ1) is 8.67. The molecule has 106 valence electrons. The molecule has 1 aromatic rings. The number of rotatable bonds is 3. The lowest BCUT2D eigenvalue weighted by Crippen LogP contribution is -2.19. The van der Waals surface area contributed by atoms with Crippen LogP contribution in [0.5, 0.6) is 0 Å². The number of nitrogens with one attached hydrogen (secondary N) is 1. The van der Waals surface area contributed by atoms with Crippen molar-refractivity contribution in [2.45, 2.75) is 51.0 Å². The van der Waals surface area contributed by atoms with Gasteiger partial charge >= 0.3 is 0 Å². The lowest BCUT2D eigenvalue weighted by Gasteiger charge is -2.20. The van der Waals surface area contributed by atoms with E-state index >= 15 is 0 Å². The fourth-order valence-electron chi connectivity index (χ4n) is 2.71. The van der Waals surface area contributed by atoms with Gasteiger partial charge in [-0.05, 0) is 49.3 Å². The highest BCUT2D eigenvalue weighted by molar-refractivity contribution is 7.89. The van der Waals surface area contributed by atoms with Crippen LogP contribution in [0.15, 0.2) is 23.1 Å². The van der Waals surface area contributed by atoms with E-state index in [4.69, 9.17) is 5.14 Å². The van der Waals surface area contributed by atoms with E-state index in [9.17, 15) is 8.42 Å². The molecule has 1 aliphatic rings. The Morgan fingerprint density at radius 3 is 2.58 bits per heavy atom. The number of anilines is 1. The Labute approximate surface area is 115 Å². The molecule has 4 nitrogen and oxygen atoms in total. The Morgan fingerprint density at radius 1 is 1.37 bits per heavy atom. The Bertz CT molecular complexity index is 579. The first-order valence-corrected chi connectivity index (χ1v) is 8.12. The van der Waals surface area contributed by atoms with Gasteiger partial charge in [0.1, 0.15) is 0 Å². The molecule has 0 heterocycles. The minimum Gasteiger partial charge on any atom is -0.382 e. The van der Waals surface area contributed by atoms with E-state index in [0.29, 0.717) is 11.5 Å². The number of sulfonamides is 1. The van der Waals surface area contributed by atoms with Gasteiger partial charge in [0.05, 0.1) is 4.90 Å². The second-order valence-electron chi connectivity index (χ2n) is 6.27. The zero-order valence-electron chi connectivity index (χ0n) is 11.7. The monoisotopic (exact) mass is 282 g/mol. The topological polar surface area (TPSA) is 72.2 Å². The second kappa shape index (κ2) is 4.80. The average Bonchev–Trinajstić information content (AvgIpc) is 2.60. The Kier molecular flexibility index (Phi) is 3.62. The Hall–Kier alpha value is -1.07. The van der Waals surface area contributed by atoms with Crippen LogP contribution in [0.3, 0.4) is 0 Å². The second-order valence-corrected chi connectivity index (χ2v) is 7.83. The fraction of sp³-hybridized carbons (Fsp3) is 0.571. The van der Waals surface area contributed by atoms with E-state index in [1.165, 1.54) is 6.42 Å². The van der Waals surface area contributed by atoms with E-state index in [1.54, 1.807) is 18.2 Å². The molecule has 1 fully saturated rings. The number of hydrogen-bond acceptors (Lipinski definition) is 3. The minimum absolute atomic E-state index is 0.165. The molecule has 2 rings (SSSR count). The van der Waals surface area contributed by atoms with Crippen LogP contribution in [0.2, 0.25) is 0 Å². The molecule has 0 spiro atoms. The standard InChI is InChI=1S/C14H22N2O2S/c1-10-4-5-12(19(15,17)18)8-13(10)16-11-6-7-14(2,3)9-11/h4-5,8,11,16H,6-7,9H2,1-3H3,(H2,15,17,18). The lowest BCUT2D eigenvalue weighted by molar-refractivity contribution is 0.378. The van der Waals surface area contributed by atoms with Crippen LogP contribution < -0.4 is 10.5 Å². The molecule has 19 heavy (non-hydrogen) atoms. The van der Waals surface area contributed by atoms with Crippen LogP contribution in [0.1, 0.15) is 38.7 Å². The normalized spacial score (nSPS) is 22.4. The average molecular weight is 282 g/mol. The summed E-state index contributed by atoms with van der Waals surface area (Å²) in [7, 11) is -3.64. The van der Waals surface area contributed by atoms with Gasteiger partial charge in [0.2, 0.25) is 10.0 Å². The third kappa shape index (κ3) is 3.48. The van der Waals surface area contributed by atoms with E-state index in [2.05, 4.69) is 19.2 Å². The maximum absolute atomic E-state index is 11.4. The molecule has 5 heteroatoms. The van der Waals surface area contributed by atoms with Gasteiger partial charge in [-0.3, -0.25) is 0 Å². The highest BCUT2D eigenvalue weighted by Gasteiger charge is 2.31. The maximum atomic E-state index is 11.4. The molecule has 0 aromatic heterocycles. The fourth-order valence-corrected chi connectivity index (χ4v) is 3.25. The highest BCUT2D eigenvalue weighted by atomic mass is 32.2. The number of benzene rings is 1. The number of hydrogen-bond donors (Lipinski definition) is 2. The summed E-state index contributed by atoms with van der Waals surface area (Å²) >= 11 is 0. The largest absolute Gasteiger partial charge is 0.382 e. The molecule has 0 aliphatic heterocycles. The molecular weight excluding hydrogens is 260 g/mol. The molecular formula is C14H22N2O2S. The lowest BCUT2D eigenvalue weighted by atomic mass is 9.92. The molecule has 1 saturated carbocycles. The Morgan fingerprint density at radius 2 is 2.05 bits per heavy atom. The van der Waals surface area contributed by atoms with Crippen molar-refractivity contribution >= 4 is 15.7 Å². The van der Waals surface area contributed by atoms with Gasteiger partial charge in [0, 0.05) is 11.7 Å². The molecule has 0 radical (unpaired) electrons. The van der Waals surface area contributed by atoms with E-state index in [1.807, 2.05) is 6.92 Å². The Balaban J connectivity index is 2.21. The van der Waals surface area contributed by atoms with Gasteiger partial charge in [0.15, 0.2) is 0 Å². The van der Waals surface area contributed by atoms with Crippen molar-refractivity contribution in [3.63, 3.8) is 0 Å². The summed E-state index contributed by atoms with van der Waals surface area (Å²) < 4.78 is 22.8. The van der Waals surface area contributed by atoms with Crippen LogP contribution in [-0.4, -0.2) is 14.5 Å². The van der Waals surface area contributed by atoms with Crippen molar-refractivity contribution in [1.29, 1.82) is 0 Å². The third-order valence-electron chi connectivity index (χ3n) is 3.87. The van der Waals surface area contributed by atoms with Crippen LogP contribution in [-0.2, 0) is 10.0 Å². The first kappa shape index (κ1) is 14.3. The van der Waals surface area contributed by atoms with Gasteiger partial charge in [-0.15, -0.1) is 0 Å².